The smallest absolute Gasteiger partial charge is 0.263 e. The molecule has 0 bridgehead atoms. The molecule has 0 aliphatic carbocycles. The lowest BCUT2D eigenvalue weighted by atomic mass is 9.97. The van der Waals surface area contributed by atoms with Gasteiger partial charge in [-0.05, 0) is 68.9 Å². The number of piperidine rings is 1. The highest BCUT2D eigenvalue weighted by atomic mass is 35.5. The van der Waals surface area contributed by atoms with Crippen molar-refractivity contribution in [1.29, 1.82) is 0 Å². The molecule has 164 valence electrons. The maximum Gasteiger partial charge on any atom is 0.263 e. The largest absolute Gasteiger partial charge is 0.383 e. The first kappa shape index (κ1) is 21.9. The predicted octanol–water partition coefficient (Wildman–Crippen LogP) is 4.52. The minimum absolute atomic E-state index is 0.111. The minimum Gasteiger partial charge on any atom is -0.383 e. The van der Waals surface area contributed by atoms with Gasteiger partial charge in [-0.25, -0.2) is 4.98 Å². The zero-order valence-corrected chi connectivity index (χ0v) is 19.4. The Morgan fingerprint density at radius 3 is 2.87 bits per heavy atom. The molecule has 1 amide bonds. The molecule has 31 heavy (non-hydrogen) atoms. The van der Waals surface area contributed by atoms with Gasteiger partial charge in [-0.15, -0.1) is 11.3 Å². The maximum absolute atomic E-state index is 13.0. The number of benzene rings is 1. The van der Waals surface area contributed by atoms with Crippen LogP contribution in [0.2, 0.25) is 4.34 Å². The predicted molar refractivity (Wildman–Crippen MR) is 130 cm³/mol. The molecule has 4 N–H and O–H groups in total. The van der Waals surface area contributed by atoms with Gasteiger partial charge in [-0.3, -0.25) is 4.79 Å². The van der Waals surface area contributed by atoms with E-state index in [-0.39, 0.29) is 5.91 Å². The number of amides is 1. The lowest BCUT2D eigenvalue weighted by Gasteiger charge is -2.29. The van der Waals surface area contributed by atoms with E-state index in [1.54, 1.807) is 6.20 Å². The zero-order chi connectivity index (χ0) is 22.0. The molecule has 4 rings (SSSR count). The van der Waals surface area contributed by atoms with Crippen LogP contribution in [0.1, 0.15) is 33.6 Å². The summed E-state index contributed by atoms with van der Waals surface area (Å²) in [4.78, 5) is 20.1. The Hall–Kier alpha value is -2.35. The van der Waals surface area contributed by atoms with Crippen LogP contribution in [0.25, 0.3) is 10.8 Å². The number of hydrogen-bond donors (Lipinski definition) is 3. The minimum atomic E-state index is -0.111. The molecular weight excluding hydrogens is 430 g/mol. The molecule has 0 unspecified atom stereocenters. The Morgan fingerprint density at radius 1 is 1.32 bits per heavy atom. The zero-order valence-electron chi connectivity index (χ0n) is 17.9. The van der Waals surface area contributed by atoms with E-state index in [0.717, 1.165) is 47.2 Å². The number of fused-ring (bicyclic) bond motifs is 1. The summed E-state index contributed by atoms with van der Waals surface area (Å²) in [5, 5.41) is 8.49. The van der Waals surface area contributed by atoms with Crippen LogP contribution in [0, 0.1) is 12.8 Å². The fourth-order valence-corrected chi connectivity index (χ4v) is 5.25. The van der Waals surface area contributed by atoms with Gasteiger partial charge in [0.05, 0.1) is 10.0 Å². The summed E-state index contributed by atoms with van der Waals surface area (Å²) in [5.74, 6) is 1.02. The lowest BCUT2D eigenvalue weighted by Crippen LogP contribution is -2.33. The van der Waals surface area contributed by atoms with Gasteiger partial charge in [0, 0.05) is 30.2 Å². The number of carbonyl (C=O) groups is 1. The summed E-state index contributed by atoms with van der Waals surface area (Å²) in [6, 6.07) is 7.86. The summed E-state index contributed by atoms with van der Waals surface area (Å²) >= 11 is 7.72. The van der Waals surface area contributed by atoms with E-state index in [1.165, 1.54) is 24.2 Å². The summed E-state index contributed by atoms with van der Waals surface area (Å²) in [5.41, 5.74) is 8.74. The van der Waals surface area contributed by atoms with E-state index in [0.29, 0.717) is 27.5 Å². The number of pyridine rings is 1. The summed E-state index contributed by atoms with van der Waals surface area (Å²) in [7, 11) is 2.16. The third-order valence-electron chi connectivity index (χ3n) is 6.01. The van der Waals surface area contributed by atoms with Gasteiger partial charge in [0.1, 0.15) is 10.7 Å². The first-order valence-electron chi connectivity index (χ1n) is 10.5. The highest BCUT2D eigenvalue weighted by molar-refractivity contribution is 7.18. The highest BCUT2D eigenvalue weighted by Gasteiger charge is 2.22. The first-order valence-corrected chi connectivity index (χ1v) is 11.7. The Bertz CT molecular complexity index is 1090. The number of nitrogens with zero attached hydrogens (tertiary/aromatic N) is 2. The molecule has 0 atom stereocenters. The lowest BCUT2D eigenvalue weighted by molar-refractivity contribution is 0.0955. The number of nitrogens with one attached hydrogen (secondary N) is 2. The average molecular weight is 458 g/mol. The molecule has 1 aromatic carbocycles. The standard InChI is InChI=1S/C23H28ClN5OS/c1-14-19(27-12-15-6-9-29(2)10-7-15)20(31-21(14)24)23(30)28-13-16-3-4-18-17(11-16)5-8-26-22(18)25/h3-5,8,11,15,27H,6-7,9-10,12-13H2,1-2H3,(H2,25,26)(H,28,30). The number of likely N-dealkylation sites (tertiary alicyclic amines) is 1. The van der Waals surface area contributed by atoms with Crippen LogP contribution in [-0.2, 0) is 6.54 Å². The van der Waals surface area contributed by atoms with Gasteiger partial charge in [-0.2, -0.15) is 0 Å². The molecule has 0 saturated carbocycles. The van der Waals surface area contributed by atoms with Gasteiger partial charge < -0.3 is 21.3 Å². The van der Waals surface area contributed by atoms with Gasteiger partial charge in [0.15, 0.2) is 0 Å². The summed E-state index contributed by atoms with van der Waals surface area (Å²) < 4.78 is 0.657. The molecule has 3 heterocycles. The molecule has 3 aromatic rings. The maximum atomic E-state index is 13.0. The quantitative estimate of drug-likeness (QED) is 0.506. The Kier molecular flexibility index (Phi) is 6.65. The number of aromatic nitrogens is 1. The molecule has 2 aromatic heterocycles. The molecule has 0 radical (unpaired) electrons. The molecule has 1 aliphatic rings. The van der Waals surface area contributed by atoms with Gasteiger partial charge >= 0.3 is 0 Å². The van der Waals surface area contributed by atoms with Crippen molar-refractivity contribution in [3.05, 3.63) is 50.8 Å². The van der Waals surface area contributed by atoms with Crippen LogP contribution in [0.5, 0.6) is 0 Å². The highest BCUT2D eigenvalue weighted by Crippen LogP contribution is 2.37. The van der Waals surface area contributed by atoms with E-state index < -0.39 is 0 Å². The topological polar surface area (TPSA) is 83.3 Å². The number of thiophene rings is 1. The van der Waals surface area contributed by atoms with Crippen LogP contribution >= 0.6 is 22.9 Å². The van der Waals surface area contributed by atoms with Crippen molar-refractivity contribution in [3.63, 3.8) is 0 Å². The molecule has 8 heteroatoms. The second kappa shape index (κ2) is 9.42. The van der Waals surface area contributed by atoms with Crippen LogP contribution in [0.3, 0.4) is 0 Å². The Morgan fingerprint density at radius 2 is 2.10 bits per heavy atom. The van der Waals surface area contributed by atoms with Crippen molar-refractivity contribution in [2.75, 3.05) is 37.7 Å². The average Bonchev–Trinajstić information content (AvgIpc) is 3.05. The van der Waals surface area contributed by atoms with Crippen molar-refractivity contribution in [1.82, 2.24) is 15.2 Å². The summed E-state index contributed by atoms with van der Waals surface area (Å²) in [6.45, 7) is 5.50. The van der Waals surface area contributed by atoms with Gasteiger partial charge in [0.2, 0.25) is 0 Å². The van der Waals surface area contributed by atoms with Gasteiger partial charge in [0.25, 0.3) is 5.91 Å². The van der Waals surface area contributed by atoms with Gasteiger partial charge in [-0.1, -0.05) is 23.7 Å². The third-order valence-corrected chi connectivity index (χ3v) is 7.61. The number of halogens is 1. The molecule has 1 fully saturated rings. The number of nitrogen functional groups attached to an aromatic ring is 1. The number of hydrogen-bond acceptors (Lipinski definition) is 6. The molecule has 0 spiro atoms. The van der Waals surface area contributed by atoms with Crippen LogP contribution in [0.4, 0.5) is 11.5 Å². The van der Waals surface area contributed by atoms with E-state index >= 15 is 0 Å². The van der Waals surface area contributed by atoms with Crippen molar-refractivity contribution < 1.29 is 4.79 Å². The molecular formula is C23H28ClN5OS. The van der Waals surface area contributed by atoms with Crippen molar-refractivity contribution in [2.45, 2.75) is 26.3 Å². The number of rotatable bonds is 6. The fourth-order valence-electron chi connectivity index (χ4n) is 3.99. The van der Waals surface area contributed by atoms with Crippen LogP contribution in [0.15, 0.2) is 30.5 Å². The second-order valence-corrected chi connectivity index (χ2v) is 9.89. The van der Waals surface area contributed by atoms with Crippen molar-refractivity contribution >= 4 is 51.1 Å². The summed E-state index contributed by atoms with van der Waals surface area (Å²) in [6.07, 6.45) is 4.03. The van der Waals surface area contributed by atoms with E-state index in [4.69, 9.17) is 17.3 Å². The number of carbonyl (C=O) groups excluding carboxylic acids is 1. The van der Waals surface area contributed by atoms with E-state index in [1.807, 2.05) is 31.2 Å². The first-order chi connectivity index (χ1) is 14.9. The van der Waals surface area contributed by atoms with Crippen molar-refractivity contribution in [2.24, 2.45) is 5.92 Å². The fraction of sp³-hybridized carbons (Fsp3) is 0.391. The van der Waals surface area contributed by atoms with Crippen LogP contribution < -0.4 is 16.4 Å². The van der Waals surface area contributed by atoms with Crippen LogP contribution in [-0.4, -0.2) is 42.5 Å². The Labute approximate surface area is 191 Å². The second-order valence-electron chi connectivity index (χ2n) is 8.27. The van der Waals surface area contributed by atoms with E-state index in [9.17, 15) is 4.79 Å². The Balaban J connectivity index is 1.43. The number of nitrogens with two attached hydrogens (primary N) is 1. The van der Waals surface area contributed by atoms with Crippen molar-refractivity contribution in [3.8, 4) is 0 Å². The monoisotopic (exact) mass is 457 g/mol. The molecule has 1 saturated heterocycles. The normalized spacial score (nSPS) is 15.3. The SMILES string of the molecule is Cc1c(Cl)sc(C(=O)NCc2ccc3c(N)nccc3c2)c1NCC1CCN(C)CC1. The van der Waals surface area contributed by atoms with E-state index in [2.05, 4.69) is 27.6 Å². The molecule has 1 aliphatic heterocycles. The number of anilines is 2. The third kappa shape index (κ3) is 4.95. The molecule has 6 nitrogen and oxygen atoms in total.